The van der Waals surface area contributed by atoms with E-state index >= 15 is 0 Å². The number of hydrogen-bond acceptors (Lipinski definition) is 3. The third kappa shape index (κ3) is 3.75. The minimum atomic E-state index is 0.692. The van der Waals surface area contributed by atoms with Crippen LogP contribution < -0.4 is 0 Å². The number of nitrogens with zero attached hydrogens (tertiary/aromatic N) is 2. The monoisotopic (exact) mass is 548 g/mol. The van der Waals surface area contributed by atoms with E-state index in [1.54, 1.807) is 0 Å². The lowest BCUT2D eigenvalue weighted by molar-refractivity contribution is 0.670. The molecule has 0 bridgehead atoms. The van der Waals surface area contributed by atoms with Crippen molar-refractivity contribution in [2.45, 2.75) is 0 Å². The highest BCUT2D eigenvalue weighted by Gasteiger charge is 2.20. The predicted octanol–water partition coefficient (Wildman–Crippen LogP) is 10.8. The van der Waals surface area contributed by atoms with Crippen LogP contribution in [0, 0.1) is 0 Å². The molecule has 2 heterocycles. The molecule has 0 spiro atoms. The van der Waals surface area contributed by atoms with E-state index in [1.807, 2.05) is 36.4 Å². The molecule has 0 saturated carbocycles. The van der Waals surface area contributed by atoms with Gasteiger partial charge in [-0.2, -0.15) is 0 Å². The van der Waals surface area contributed by atoms with Crippen LogP contribution in [0.4, 0.5) is 0 Å². The highest BCUT2D eigenvalue weighted by atomic mass is 16.3. The van der Waals surface area contributed by atoms with Crippen molar-refractivity contribution in [1.82, 2.24) is 9.97 Å². The molecule has 0 saturated heterocycles. The summed E-state index contributed by atoms with van der Waals surface area (Å²) >= 11 is 0. The summed E-state index contributed by atoms with van der Waals surface area (Å²) in [6, 6.07) is 50.6. The molecule has 3 nitrogen and oxygen atoms in total. The molecule has 200 valence electrons. The summed E-state index contributed by atoms with van der Waals surface area (Å²) in [6.45, 7) is 0. The van der Waals surface area contributed by atoms with Gasteiger partial charge in [0.05, 0.1) is 11.4 Å². The SMILES string of the molecule is c1ccc(-c2cc(-c3ccccc3)nc(-c3cccc(-c4ccc5c6ccccc6c6cccc7oc4c5c76)c3)n2)cc1. The zero-order chi connectivity index (χ0) is 28.3. The largest absolute Gasteiger partial charge is 0.455 e. The van der Waals surface area contributed by atoms with Crippen molar-refractivity contribution in [2.75, 3.05) is 0 Å². The van der Waals surface area contributed by atoms with Crippen molar-refractivity contribution < 1.29 is 4.42 Å². The molecule has 0 N–H and O–H groups in total. The molecular formula is C40H24N2O. The van der Waals surface area contributed by atoms with Crippen molar-refractivity contribution >= 4 is 43.5 Å². The van der Waals surface area contributed by atoms with Crippen molar-refractivity contribution in [1.29, 1.82) is 0 Å². The number of furan rings is 1. The molecule has 0 aliphatic heterocycles. The lowest BCUT2D eigenvalue weighted by atomic mass is 9.92. The van der Waals surface area contributed by atoms with Gasteiger partial charge in [0.25, 0.3) is 0 Å². The lowest BCUT2D eigenvalue weighted by Crippen LogP contribution is -1.96. The molecule has 9 aromatic rings. The van der Waals surface area contributed by atoms with E-state index in [-0.39, 0.29) is 0 Å². The van der Waals surface area contributed by atoms with Crippen LogP contribution in [0.2, 0.25) is 0 Å². The molecule has 0 aliphatic carbocycles. The first-order chi connectivity index (χ1) is 21.3. The van der Waals surface area contributed by atoms with E-state index in [1.165, 1.54) is 32.3 Å². The number of fused-ring (bicyclic) bond motifs is 3. The first kappa shape index (κ1) is 23.9. The van der Waals surface area contributed by atoms with Crippen molar-refractivity contribution in [2.24, 2.45) is 0 Å². The van der Waals surface area contributed by atoms with E-state index in [9.17, 15) is 0 Å². The molecule has 0 unspecified atom stereocenters. The second-order valence-corrected chi connectivity index (χ2v) is 11.0. The van der Waals surface area contributed by atoms with Crippen LogP contribution in [0.5, 0.6) is 0 Å². The van der Waals surface area contributed by atoms with Crippen LogP contribution in [-0.4, -0.2) is 9.97 Å². The fraction of sp³-hybridized carbons (Fsp3) is 0. The van der Waals surface area contributed by atoms with Gasteiger partial charge in [-0.1, -0.05) is 121 Å². The van der Waals surface area contributed by atoms with Crippen molar-refractivity contribution in [3.05, 3.63) is 146 Å². The highest BCUT2D eigenvalue weighted by Crippen LogP contribution is 2.45. The molecule has 0 atom stereocenters. The number of rotatable bonds is 4. The Bertz CT molecular complexity index is 2380. The summed E-state index contributed by atoms with van der Waals surface area (Å²) in [5.74, 6) is 0.692. The second-order valence-electron chi connectivity index (χ2n) is 11.0. The second kappa shape index (κ2) is 9.37. The van der Waals surface area contributed by atoms with Crippen LogP contribution in [-0.2, 0) is 0 Å². The molecule has 0 aliphatic rings. The van der Waals surface area contributed by atoms with Gasteiger partial charge in [0.2, 0.25) is 0 Å². The smallest absolute Gasteiger partial charge is 0.160 e. The van der Waals surface area contributed by atoms with Crippen molar-refractivity contribution in [3.63, 3.8) is 0 Å². The third-order valence-corrected chi connectivity index (χ3v) is 8.45. The average Bonchev–Trinajstić information content (AvgIpc) is 3.49. The Morgan fingerprint density at radius 3 is 1.65 bits per heavy atom. The van der Waals surface area contributed by atoms with E-state index in [0.717, 1.165) is 50.4 Å². The quantitative estimate of drug-likeness (QED) is 0.205. The third-order valence-electron chi connectivity index (χ3n) is 8.45. The molecule has 3 heteroatoms. The van der Waals surface area contributed by atoms with E-state index in [2.05, 4.69) is 109 Å². The zero-order valence-electron chi connectivity index (χ0n) is 23.2. The summed E-state index contributed by atoms with van der Waals surface area (Å²) in [4.78, 5) is 10.1. The van der Waals surface area contributed by atoms with Gasteiger partial charge < -0.3 is 4.42 Å². The highest BCUT2D eigenvalue weighted by molar-refractivity contribution is 6.34. The van der Waals surface area contributed by atoms with E-state index in [4.69, 9.17) is 14.4 Å². The molecule has 0 amide bonds. The molecule has 2 aromatic heterocycles. The topological polar surface area (TPSA) is 38.9 Å². The number of aromatic nitrogens is 2. The summed E-state index contributed by atoms with van der Waals surface area (Å²) in [6.07, 6.45) is 0. The minimum absolute atomic E-state index is 0.692. The fourth-order valence-electron chi connectivity index (χ4n) is 6.47. The fourth-order valence-corrected chi connectivity index (χ4v) is 6.47. The van der Waals surface area contributed by atoms with Gasteiger partial charge in [0, 0.05) is 33.0 Å². The molecule has 9 rings (SSSR count). The Labute approximate surface area is 248 Å². The van der Waals surface area contributed by atoms with E-state index < -0.39 is 0 Å². The molecule has 0 fully saturated rings. The summed E-state index contributed by atoms with van der Waals surface area (Å²) in [5, 5.41) is 7.31. The van der Waals surface area contributed by atoms with Gasteiger partial charge in [-0.25, -0.2) is 9.97 Å². The minimum Gasteiger partial charge on any atom is -0.455 e. The molecule has 7 aromatic carbocycles. The predicted molar refractivity (Wildman–Crippen MR) is 177 cm³/mol. The number of hydrogen-bond donors (Lipinski definition) is 0. The summed E-state index contributed by atoms with van der Waals surface area (Å²) in [7, 11) is 0. The molecular weight excluding hydrogens is 524 g/mol. The van der Waals surface area contributed by atoms with Crippen LogP contribution in [0.3, 0.4) is 0 Å². The first-order valence-corrected chi connectivity index (χ1v) is 14.5. The van der Waals surface area contributed by atoms with Crippen LogP contribution in [0.15, 0.2) is 150 Å². The number of benzene rings is 7. The van der Waals surface area contributed by atoms with Crippen LogP contribution in [0.1, 0.15) is 0 Å². The van der Waals surface area contributed by atoms with Crippen molar-refractivity contribution in [3.8, 4) is 45.0 Å². The Morgan fingerprint density at radius 1 is 0.395 bits per heavy atom. The van der Waals surface area contributed by atoms with Crippen LogP contribution >= 0.6 is 0 Å². The van der Waals surface area contributed by atoms with Gasteiger partial charge >= 0.3 is 0 Å². The maximum Gasteiger partial charge on any atom is 0.160 e. The van der Waals surface area contributed by atoms with Crippen LogP contribution in [0.25, 0.3) is 88.5 Å². The summed E-state index contributed by atoms with van der Waals surface area (Å²) in [5.41, 5.74) is 8.82. The molecule has 43 heavy (non-hydrogen) atoms. The van der Waals surface area contributed by atoms with Gasteiger partial charge in [0.1, 0.15) is 11.2 Å². The van der Waals surface area contributed by atoms with Gasteiger partial charge in [-0.3, -0.25) is 0 Å². The molecule has 0 radical (unpaired) electrons. The van der Waals surface area contributed by atoms with Gasteiger partial charge in [-0.05, 0) is 51.4 Å². The Morgan fingerprint density at radius 2 is 0.953 bits per heavy atom. The van der Waals surface area contributed by atoms with E-state index in [0.29, 0.717) is 5.82 Å². The normalized spacial score (nSPS) is 11.7. The summed E-state index contributed by atoms with van der Waals surface area (Å²) < 4.78 is 6.64. The van der Waals surface area contributed by atoms with Gasteiger partial charge in [0.15, 0.2) is 5.82 Å². The first-order valence-electron chi connectivity index (χ1n) is 14.5. The average molecular weight is 549 g/mol. The zero-order valence-corrected chi connectivity index (χ0v) is 23.2. The Hall–Kier alpha value is -5.80. The van der Waals surface area contributed by atoms with Gasteiger partial charge in [-0.15, -0.1) is 0 Å². The Balaban J connectivity index is 1.26. The lowest BCUT2D eigenvalue weighted by Gasteiger charge is -2.12. The Kier molecular flexibility index (Phi) is 5.20. The maximum absolute atomic E-state index is 6.64. The maximum atomic E-state index is 6.64. The standard InChI is InChI=1S/C40H24N2O/c1-3-11-25(12-4-1)34-24-35(26-13-5-2-6-14-26)42-40(41-34)28-16-9-15-27(23-28)29-21-22-33-31-18-8-7-17-30(31)32-19-10-20-36-37(32)38(33)39(29)43-36/h1-24H.